The number of phenols is 1. The summed E-state index contributed by atoms with van der Waals surface area (Å²) >= 11 is 6.15. The molecule has 4 aromatic carbocycles. The van der Waals surface area contributed by atoms with E-state index in [9.17, 15) is 5.11 Å². The maximum Gasteiger partial charge on any atom is 0.131 e. The minimum absolute atomic E-state index is 0.302. The number of fused-ring (bicyclic) bond motifs is 3. The lowest BCUT2D eigenvalue weighted by Gasteiger charge is -2.14. The van der Waals surface area contributed by atoms with Gasteiger partial charge in [0.2, 0.25) is 0 Å². The Morgan fingerprint density at radius 3 is 2.09 bits per heavy atom. The van der Waals surface area contributed by atoms with Crippen LogP contribution in [0, 0.1) is 0 Å². The average Bonchev–Trinajstić information content (AvgIpc) is 2.56. The molecule has 0 aromatic heterocycles. The summed E-state index contributed by atoms with van der Waals surface area (Å²) in [5.74, 6) is 0.302. The predicted molar refractivity (Wildman–Crippen MR) is 93.6 cm³/mol. The van der Waals surface area contributed by atoms with E-state index in [2.05, 4.69) is 6.07 Å². The van der Waals surface area contributed by atoms with Gasteiger partial charge in [-0.25, -0.2) is 0 Å². The molecule has 0 aliphatic carbocycles. The van der Waals surface area contributed by atoms with E-state index in [1.807, 2.05) is 66.7 Å². The lowest BCUT2D eigenvalue weighted by Crippen LogP contribution is -1.86. The summed E-state index contributed by atoms with van der Waals surface area (Å²) in [6, 6.07) is 23.7. The summed E-state index contributed by atoms with van der Waals surface area (Å²) in [5, 5.41) is 15.4. The third-order valence-corrected chi connectivity index (χ3v) is 4.26. The van der Waals surface area contributed by atoms with Crippen LogP contribution >= 0.6 is 11.6 Å². The lowest BCUT2D eigenvalue weighted by molar-refractivity contribution is 0.484. The van der Waals surface area contributed by atoms with E-state index in [1.54, 1.807) is 0 Å². The predicted octanol–water partition coefficient (Wildman–Crippen LogP) is 6.02. The molecule has 0 unspecified atom stereocenters. The average molecular weight is 305 g/mol. The fraction of sp³-hybridized carbons (Fsp3) is 0. The second-order valence-electron chi connectivity index (χ2n) is 5.33. The van der Waals surface area contributed by atoms with Gasteiger partial charge in [-0.15, -0.1) is 0 Å². The largest absolute Gasteiger partial charge is 0.507 e. The molecule has 0 radical (unpaired) electrons. The zero-order valence-corrected chi connectivity index (χ0v) is 12.5. The van der Waals surface area contributed by atoms with Crippen LogP contribution in [0.4, 0.5) is 0 Å². The number of hydrogen-bond donors (Lipinski definition) is 1. The maximum absolute atomic E-state index is 10.8. The molecule has 2 heteroatoms. The first-order valence-electron chi connectivity index (χ1n) is 7.14. The van der Waals surface area contributed by atoms with Gasteiger partial charge in [0.25, 0.3) is 0 Å². The topological polar surface area (TPSA) is 20.2 Å². The Morgan fingerprint density at radius 1 is 0.636 bits per heavy atom. The van der Waals surface area contributed by atoms with Crippen molar-refractivity contribution in [2.24, 2.45) is 0 Å². The normalized spacial score (nSPS) is 11.1. The zero-order valence-electron chi connectivity index (χ0n) is 11.8. The molecule has 0 heterocycles. The van der Waals surface area contributed by atoms with Gasteiger partial charge in [-0.2, -0.15) is 0 Å². The summed E-state index contributed by atoms with van der Waals surface area (Å²) in [6.07, 6.45) is 0. The first kappa shape index (κ1) is 13.2. The van der Waals surface area contributed by atoms with Crippen LogP contribution in [0.25, 0.3) is 32.7 Å². The van der Waals surface area contributed by atoms with E-state index >= 15 is 0 Å². The minimum Gasteiger partial charge on any atom is -0.507 e. The molecule has 0 saturated heterocycles. The van der Waals surface area contributed by atoms with Gasteiger partial charge in [0.05, 0.1) is 0 Å². The molecule has 0 aliphatic rings. The molecular formula is C20H13ClO. The highest BCUT2D eigenvalue weighted by atomic mass is 35.5. The minimum atomic E-state index is 0.302. The van der Waals surface area contributed by atoms with Crippen molar-refractivity contribution in [3.05, 3.63) is 77.8 Å². The summed E-state index contributed by atoms with van der Waals surface area (Å²) in [4.78, 5) is 0. The Labute approximate surface area is 133 Å². The Balaban J connectivity index is 2.25. The Kier molecular flexibility index (Phi) is 3.02. The SMILES string of the molecule is Oc1c(-c2ccccc2)c2ccccc2c2cc(Cl)ccc12. The van der Waals surface area contributed by atoms with Gasteiger partial charge in [-0.1, -0.05) is 66.2 Å². The standard InChI is InChI=1S/C20H13ClO/c21-14-10-11-17-18(12-14)15-8-4-5-9-16(15)19(20(17)22)13-6-2-1-3-7-13/h1-12,22H. The molecule has 106 valence electrons. The summed E-state index contributed by atoms with van der Waals surface area (Å²) < 4.78 is 0. The molecule has 4 aromatic rings. The van der Waals surface area contributed by atoms with Crippen molar-refractivity contribution < 1.29 is 5.11 Å². The quantitative estimate of drug-likeness (QED) is 0.426. The van der Waals surface area contributed by atoms with Gasteiger partial charge in [0, 0.05) is 16.0 Å². The van der Waals surface area contributed by atoms with Crippen LogP contribution < -0.4 is 0 Å². The van der Waals surface area contributed by atoms with Crippen molar-refractivity contribution in [3.8, 4) is 16.9 Å². The first-order chi connectivity index (χ1) is 10.8. The van der Waals surface area contributed by atoms with Crippen molar-refractivity contribution in [2.75, 3.05) is 0 Å². The van der Waals surface area contributed by atoms with Gasteiger partial charge in [-0.05, 0) is 39.9 Å². The summed E-state index contributed by atoms with van der Waals surface area (Å²) in [5.41, 5.74) is 1.87. The zero-order chi connectivity index (χ0) is 15.1. The second kappa shape index (κ2) is 5.04. The number of phenolic OH excluding ortho intramolecular Hbond substituents is 1. The third kappa shape index (κ3) is 1.94. The van der Waals surface area contributed by atoms with Crippen LogP contribution in [0.15, 0.2) is 72.8 Å². The third-order valence-electron chi connectivity index (χ3n) is 4.02. The van der Waals surface area contributed by atoms with E-state index in [1.165, 1.54) is 0 Å². The molecule has 0 amide bonds. The molecule has 0 bridgehead atoms. The Morgan fingerprint density at radius 2 is 1.32 bits per heavy atom. The number of rotatable bonds is 1. The summed E-state index contributed by atoms with van der Waals surface area (Å²) in [7, 11) is 0. The van der Waals surface area contributed by atoms with Crippen LogP contribution in [0.5, 0.6) is 5.75 Å². The highest BCUT2D eigenvalue weighted by Gasteiger charge is 2.15. The van der Waals surface area contributed by atoms with Crippen LogP contribution in [-0.4, -0.2) is 5.11 Å². The second-order valence-corrected chi connectivity index (χ2v) is 5.76. The van der Waals surface area contributed by atoms with Gasteiger partial charge >= 0.3 is 0 Å². The van der Waals surface area contributed by atoms with E-state index in [0.717, 1.165) is 32.7 Å². The number of benzene rings is 4. The first-order valence-corrected chi connectivity index (χ1v) is 7.52. The molecule has 1 nitrogen and oxygen atoms in total. The fourth-order valence-electron chi connectivity index (χ4n) is 3.04. The monoisotopic (exact) mass is 304 g/mol. The molecule has 22 heavy (non-hydrogen) atoms. The van der Waals surface area contributed by atoms with Crippen LogP contribution in [-0.2, 0) is 0 Å². The molecular weight excluding hydrogens is 292 g/mol. The molecule has 0 aliphatic heterocycles. The fourth-order valence-corrected chi connectivity index (χ4v) is 3.21. The van der Waals surface area contributed by atoms with Gasteiger partial charge in [0.1, 0.15) is 5.75 Å². The molecule has 1 N–H and O–H groups in total. The summed E-state index contributed by atoms with van der Waals surface area (Å²) in [6.45, 7) is 0. The maximum atomic E-state index is 10.8. The molecule has 4 rings (SSSR count). The van der Waals surface area contributed by atoms with E-state index < -0.39 is 0 Å². The number of aromatic hydroxyl groups is 1. The lowest BCUT2D eigenvalue weighted by atomic mass is 9.92. The van der Waals surface area contributed by atoms with Crippen LogP contribution in [0.2, 0.25) is 5.02 Å². The van der Waals surface area contributed by atoms with Crippen molar-refractivity contribution in [2.45, 2.75) is 0 Å². The van der Waals surface area contributed by atoms with Gasteiger partial charge in [0.15, 0.2) is 0 Å². The smallest absolute Gasteiger partial charge is 0.131 e. The van der Waals surface area contributed by atoms with E-state index in [-0.39, 0.29) is 0 Å². The van der Waals surface area contributed by atoms with E-state index in [0.29, 0.717) is 10.8 Å². The van der Waals surface area contributed by atoms with Gasteiger partial charge < -0.3 is 5.11 Å². The molecule has 0 saturated carbocycles. The van der Waals surface area contributed by atoms with Crippen molar-refractivity contribution >= 4 is 33.1 Å². The van der Waals surface area contributed by atoms with Crippen LogP contribution in [0.1, 0.15) is 0 Å². The molecule has 0 fully saturated rings. The Bertz CT molecular complexity index is 991. The van der Waals surface area contributed by atoms with E-state index in [4.69, 9.17) is 11.6 Å². The highest BCUT2D eigenvalue weighted by molar-refractivity contribution is 6.32. The number of halogens is 1. The van der Waals surface area contributed by atoms with Crippen molar-refractivity contribution in [3.63, 3.8) is 0 Å². The number of hydrogen-bond acceptors (Lipinski definition) is 1. The van der Waals surface area contributed by atoms with Crippen molar-refractivity contribution in [1.29, 1.82) is 0 Å². The van der Waals surface area contributed by atoms with Crippen LogP contribution in [0.3, 0.4) is 0 Å². The highest BCUT2D eigenvalue weighted by Crippen LogP contribution is 2.43. The van der Waals surface area contributed by atoms with Crippen molar-refractivity contribution in [1.82, 2.24) is 0 Å². The molecule has 0 atom stereocenters. The molecule has 0 spiro atoms. The van der Waals surface area contributed by atoms with Gasteiger partial charge in [-0.3, -0.25) is 0 Å². The Hall–Kier alpha value is -2.51.